The maximum atomic E-state index is 12.0. The molecule has 1 rings (SSSR count). The van der Waals surface area contributed by atoms with E-state index in [1.807, 2.05) is 39.1 Å². The second-order valence-corrected chi connectivity index (χ2v) is 5.40. The largest absolute Gasteiger partial charge is 0.339 e. The van der Waals surface area contributed by atoms with Crippen LogP contribution in [-0.2, 0) is 0 Å². The van der Waals surface area contributed by atoms with Crippen molar-refractivity contribution in [2.75, 3.05) is 7.05 Å². The number of carbonyl (C=O) groups excluding carboxylic acids is 1. The molecule has 0 unspecified atom stereocenters. The molecule has 0 bridgehead atoms. The van der Waals surface area contributed by atoms with Crippen molar-refractivity contribution in [2.45, 2.75) is 19.9 Å². The highest BCUT2D eigenvalue weighted by Crippen LogP contribution is 2.23. The SMILES string of the molecule is CC(C)N(C)C(=O)c1ccc(Br)cc1Br. The molecule has 0 aromatic heterocycles. The van der Waals surface area contributed by atoms with E-state index in [2.05, 4.69) is 31.9 Å². The zero-order valence-corrected chi connectivity index (χ0v) is 12.1. The zero-order chi connectivity index (χ0) is 11.6. The first-order chi connectivity index (χ1) is 6.93. The summed E-state index contributed by atoms with van der Waals surface area (Å²) in [5, 5.41) is 0. The fraction of sp³-hybridized carbons (Fsp3) is 0.364. The maximum absolute atomic E-state index is 12.0. The third-order valence-electron chi connectivity index (χ3n) is 2.26. The van der Waals surface area contributed by atoms with Gasteiger partial charge in [0.05, 0.1) is 5.56 Å². The summed E-state index contributed by atoms with van der Waals surface area (Å²) in [5.74, 6) is 0.0318. The fourth-order valence-corrected chi connectivity index (χ4v) is 2.30. The van der Waals surface area contributed by atoms with E-state index in [9.17, 15) is 4.79 Å². The maximum Gasteiger partial charge on any atom is 0.254 e. The van der Waals surface area contributed by atoms with Gasteiger partial charge in [-0.3, -0.25) is 4.79 Å². The summed E-state index contributed by atoms with van der Waals surface area (Å²) in [6.45, 7) is 3.98. The molecule has 15 heavy (non-hydrogen) atoms. The molecular formula is C11H13Br2NO. The number of benzene rings is 1. The van der Waals surface area contributed by atoms with E-state index >= 15 is 0 Å². The van der Waals surface area contributed by atoms with Gasteiger partial charge in [-0.15, -0.1) is 0 Å². The molecule has 4 heteroatoms. The Morgan fingerprint density at radius 2 is 1.93 bits per heavy atom. The van der Waals surface area contributed by atoms with Crippen LogP contribution in [0.2, 0.25) is 0 Å². The minimum Gasteiger partial charge on any atom is -0.339 e. The van der Waals surface area contributed by atoms with Crippen LogP contribution >= 0.6 is 31.9 Å². The van der Waals surface area contributed by atoms with Gasteiger partial charge < -0.3 is 4.90 Å². The van der Waals surface area contributed by atoms with Gasteiger partial charge >= 0.3 is 0 Å². The van der Waals surface area contributed by atoms with Crippen molar-refractivity contribution >= 4 is 37.8 Å². The van der Waals surface area contributed by atoms with Gasteiger partial charge in [0, 0.05) is 22.0 Å². The van der Waals surface area contributed by atoms with Crippen LogP contribution in [0.1, 0.15) is 24.2 Å². The van der Waals surface area contributed by atoms with Gasteiger partial charge in [0.15, 0.2) is 0 Å². The smallest absolute Gasteiger partial charge is 0.254 e. The third-order valence-corrected chi connectivity index (χ3v) is 3.41. The van der Waals surface area contributed by atoms with Crippen molar-refractivity contribution in [1.29, 1.82) is 0 Å². The molecule has 0 aliphatic heterocycles. The van der Waals surface area contributed by atoms with Crippen molar-refractivity contribution in [1.82, 2.24) is 4.90 Å². The molecule has 1 aromatic rings. The summed E-state index contributed by atoms with van der Waals surface area (Å²) in [7, 11) is 1.81. The Kier molecular flexibility index (Phi) is 4.34. The monoisotopic (exact) mass is 333 g/mol. The molecule has 2 nitrogen and oxygen atoms in total. The summed E-state index contributed by atoms with van der Waals surface area (Å²) in [4.78, 5) is 13.7. The first kappa shape index (κ1) is 12.7. The van der Waals surface area contributed by atoms with Crippen molar-refractivity contribution < 1.29 is 4.79 Å². The lowest BCUT2D eigenvalue weighted by atomic mass is 10.2. The molecular weight excluding hydrogens is 322 g/mol. The normalized spacial score (nSPS) is 10.5. The Morgan fingerprint density at radius 1 is 1.33 bits per heavy atom. The lowest BCUT2D eigenvalue weighted by Gasteiger charge is -2.22. The highest BCUT2D eigenvalue weighted by molar-refractivity contribution is 9.11. The first-order valence-corrected chi connectivity index (χ1v) is 6.24. The Balaban J connectivity index is 3.01. The number of hydrogen-bond donors (Lipinski definition) is 0. The number of nitrogens with zero attached hydrogens (tertiary/aromatic N) is 1. The van der Waals surface area contributed by atoms with E-state index in [4.69, 9.17) is 0 Å². The minimum absolute atomic E-state index is 0.0318. The van der Waals surface area contributed by atoms with Gasteiger partial charge in [0.25, 0.3) is 5.91 Å². The summed E-state index contributed by atoms with van der Waals surface area (Å²) < 4.78 is 1.77. The number of halogens is 2. The molecule has 0 aliphatic carbocycles. The summed E-state index contributed by atoms with van der Waals surface area (Å²) in [6.07, 6.45) is 0. The number of amides is 1. The molecule has 0 N–H and O–H groups in total. The van der Waals surface area contributed by atoms with Crippen LogP contribution in [-0.4, -0.2) is 23.9 Å². The fourth-order valence-electron chi connectivity index (χ4n) is 1.09. The Hall–Kier alpha value is -0.350. The molecule has 0 aliphatic rings. The second-order valence-electron chi connectivity index (χ2n) is 3.63. The average Bonchev–Trinajstić information content (AvgIpc) is 2.15. The van der Waals surface area contributed by atoms with Crippen molar-refractivity contribution in [3.63, 3.8) is 0 Å². The quantitative estimate of drug-likeness (QED) is 0.807. The van der Waals surface area contributed by atoms with Crippen LogP contribution < -0.4 is 0 Å². The minimum atomic E-state index is 0.0318. The summed E-state index contributed by atoms with van der Waals surface area (Å²) in [5.41, 5.74) is 0.689. The zero-order valence-electron chi connectivity index (χ0n) is 8.92. The van der Waals surface area contributed by atoms with Gasteiger partial charge in [-0.1, -0.05) is 15.9 Å². The second kappa shape index (κ2) is 5.12. The summed E-state index contributed by atoms with van der Waals surface area (Å²) >= 11 is 6.74. The van der Waals surface area contributed by atoms with Crippen LogP contribution in [0, 0.1) is 0 Å². The van der Waals surface area contributed by atoms with Gasteiger partial charge in [-0.05, 0) is 48.0 Å². The van der Waals surface area contributed by atoms with Crippen molar-refractivity contribution in [3.8, 4) is 0 Å². The molecule has 0 atom stereocenters. The highest BCUT2D eigenvalue weighted by Gasteiger charge is 2.16. The van der Waals surface area contributed by atoms with Gasteiger partial charge in [-0.25, -0.2) is 0 Å². The van der Waals surface area contributed by atoms with Crippen LogP contribution in [0.4, 0.5) is 0 Å². The molecule has 0 heterocycles. The molecule has 0 saturated heterocycles. The average molecular weight is 335 g/mol. The third kappa shape index (κ3) is 3.05. The Labute approximate surface area is 107 Å². The van der Waals surface area contributed by atoms with E-state index in [1.54, 1.807) is 4.90 Å². The standard InChI is InChI=1S/C11H13Br2NO/c1-7(2)14(3)11(15)9-5-4-8(12)6-10(9)13/h4-7H,1-3H3. The molecule has 1 amide bonds. The van der Waals surface area contributed by atoms with E-state index < -0.39 is 0 Å². The van der Waals surface area contributed by atoms with E-state index in [0.29, 0.717) is 5.56 Å². The molecule has 1 aromatic carbocycles. The van der Waals surface area contributed by atoms with Crippen LogP contribution in [0.5, 0.6) is 0 Å². The predicted octanol–water partition coefficient (Wildman–Crippen LogP) is 3.69. The van der Waals surface area contributed by atoms with Crippen molar-refractivity contribution in [3.05, 3.63) is 32.7 Å². The molecule has 0 radical (unpaired) electrons. The van der Waals surface area contributed by atoms with Gasteiger partial charge in [-0.2, -0.15) is 0 Å². The van der Waals surface area contributed by atoms with Crippen LogP contribution in [0.25, 0.3) is 0 Å². The molecule has 0 saturated carbocycles. The summed E-state index contributed by atoms with van der Waals surface area (Å²) in [6, 6.07) is 5.76. The topological polar surface area (TPSA) is 20.3 Å². The molecule has 82 valence electrons. The number of rotatable bonds is 2. The van der Waals surface area contributed by atoms with Gasteiger partial charge in [0.1, 0.15) is 0 Å². The first-order valence-electron chi connectivity index (χ1n) is 4.65. The lowest BCUT2D eigenvalue weighted by Crippen LogP contribution is -2.33. The Morgan fingerprint density at radius 3 is 2.40 bits per heavy atom. The van der Waals surface area contributed by atoms with Crippen LogP contribution in [0.15, 0.2) is 27.1 Å². The number of hydrogen-bond acceptors (Lipinski definition) is 1. The predicted molar refractivity (Wildman–Crippen MR) is 69.1 cm³/mol. The van der Waals surface area contributed by atoms with Crippen LogP contribution in [0.3, 0.4) is 0 Å². The van der Waals surface area contributed by atoms with E-state index in [1.165, 1.54) is 0 Å². The van der Waals surface area contributed by atoms with Gasteiger partial charge in [0.2, 0.25) is 0 Å². The number of carbonyl (C=O) groups is 1. The highest BCUT2D eigenvalue weighted by atomic mass is 79.9. The Bertz CT molecular complexity index is 377. The molecule has 0 spiro atoms. The van der Waals surface area contributed by atoms with E-state index in [-0.39, 0.29) is 11.9 Å². The molecule has 0 fully saturated rings. The lowest BCUT2D eigenvalue weighted by molar-refractivity contribution is 0.0754. The van der Waals surface area contributed by atoms with E-state index in [0.717, 1.165) is 8.95 Å². The van der Waals surface area contributed by atoms with Crippen molar-refractivity contribution in [2.24, 2.45) is 0 Å².